The van der Waals surface area contributed by atoms with Crippen molar-refractivity contribution in [2.24, 2.45) is 0 Å². The Kier molecular flexibility index (Phi) is 4.15. The van der Waals surface area contributed by atoms with Crippen molar-refractivity contribution in [2.75, 3.05) is 26.3 Å². The molecular formula is C11H12BrNO2S. The Morgan fingerprint density at radius 2 is 2.19 bits per heavy atom. The first-order valence-corrected chi connectivity index (χ1v) is 6.67. The van der Waals surface area contributed by atoms with Crippen LogP contribution in [0.5, 0.6) is 0 Å². The normalized spacial score (nSPS) is 16.9. The quantitative estimate of drug-likeness (QED) is 0.785. The van der Waals surface area contributed by atoms with Crippen LogP contribution in [0.1, 0.15) is 4.88 Å². The molecule has 1 fully saturated rings. The number of carbonyl (C=O) groups excluding carboxylic acids is 1. The van der Waals surface area contributed by atoms with Gasteiger partial charge in [-0.15, -0.1) is 11.3 Å². The van der Waals surface area contributed by atoms with Crippen LogP contribution < -0.4 is 0 Å². The second-order valence-corrected chi connectivity index (χ2v) is 5.91. The van der Waals surface area contributed by atoms with Crippen LogP contribution >= 0.6 is 27.3 Å². The van der Waals surface area contributed by atoms with E-state index in [1.165, 1.54) is 0 Å². The maximum atomic E-state index is 11.8. The van der Waals surface area contributed by atoms with Crippen LogP contribution in [0, 0.1) is 0 Å². The standard InChI is InChI=1S/C11H12BrNO2S/c12-10-3-1-9(16-10)2-4-11(14)13-5-7-15-8-6-13/h1-4H,5-8H2/b4-2+. The third-order valence-electron chi connectivity index (χ3n) is 2.31. The highest BCUT2D eigenvalue weighted by Gasteiger charge is 2.13. The zero-order valence-electron chi connectivity index (χ0n) is 8.69. The average molecular weight is 302 g/mol. The minimum absolute atomic E-state index is 0.0628. The van der Waals surface area contributed by atoms with E-state index in [1.54, 1.807) is 17.4 Å². The lowest BCUT2D eigenvalue weighted by Gasteiger charge is -2.25. The van der Waals surface area contributed by atoms with Gasteiger partial charge in [0, 0.05) is 24.0 Å². The molecule has 0 unspecified atom stereocenters. The van der Waals surface area contributed by atoms with Gasteiger partial charge in [0.15, 0.2) is 0 Å². The van der Waals surface area contributed by atoms with Crippen molar-refractivity contribution in [1.29, 1.82) is 0 Å². The molecule has 16 heavy (non-hydrogen) atoms. The molecule has 2 rings (SSSR count). The van der Waals surface area contributed by atoms with Crippen molar-refractivity contribution in [3.63, 3.8) is 0 Å². The van der Waals surface area contributed by atoms with E-state index in [2.05, 4.69) is 15.9 Å². The van der Waals surface area contributed by atoms with Crippen LogP contribution in [0.2, 0.25) is 0 Å². The summed E-state index contributed by atoms with van der Waals surface area (Å²) in [5.41, 5.74) is 0. The smallest absolute Gasteiger partial charge is 0.246 e. The molecule has 1 aromatic heterocycles. The number of rotatable bonds is 2. The summed E-state index contributed by atoms with van der Waals surface area (Å²) in [4.78, 5) is 14.6. The highest BCUT2D eigenvalue weighted by atomic mass is 79.9. The van der Waals surface area contributed by atoms with Crippen molar-refractivity contribution < 1.29 is 9.53 Å². The van der Waals surface area contributed by atoms with Gasteiger partial charge in [-0.3, -0.25) is 4.79 Å². The number of hydrogen-bond donors (Lipinski definition) is 0. The number of nitrogens with zero attached hydrogens (tertiary/aromatic N) is 1. The first kappa shape index (κ1) is 11.8. The maximum absolute atomic E-state index is 11.8. The molecule has 0 aromatic carbocycles. The van der Waals surface area contributed by atoms with Gasteiger partial charge in [-0.2, -0.15) is 0 Å². The van der Waals surface area contributed by atoms with Crippen molar-refractivity contribution in [3.05, 3.63) is 26.9 Å². The minimum atomic E-state index is 0.0628. The van der Waals surface area contributed by atoms with Gasteiger partial charge >= 0.3 is 0 Å². The molecule has 3 nitrogen and oxygen atoms in total. The number of halogens is 1. The second kappa shape index (κ2) is 5.61. The Balaban J connectivity index is 1.93. The molecule has 0 atom stereocenters. The number of ether oxygens (including phenoxy) is 1. The summed E-state index contributed by atoms with van der Waals surface area (Å²) in [6, 6.07) is 3.96. The van der Waals surface area contributed by atoms with Crippen LogP contribution in [-0.2, 0) is 9.53 Å². The molecule has 1 saturated heterocycles. The van der Waals surface area contributed by atoms with Gasteiger partial charge in [-0.25, -0.2) is 0 Å². The molecule has 1 aliphatic rings. The molecule has 1 aromatic rings. The molecule has 0 radical (unpaired) electrons. The van der Waals surface area contributed by atoms with E-state index in [-0.39, 0.29) is 5.91 Å². The summed E-state index contributed by atoms with van der Waals surface area (Å²) in [5.74, 6) is 0.0628. The summed E-state index contributed by atoms with van der Waals surface area (Å²) < 4.78 is 6.27. The molecule has 1 aliphatic heterocycles. The Bertz CT molecular complexity index is 396. The van der Waals surface area contributed by atoms with E-state index in [1.807, 2.05) is 23.1 Å². The summed E-state index contributed by atoms with van der Waals surface area (Å²) >= 11 is 5.00. The minimum Gasteiger partial charge on any atom is -0.378 e. The van der Waals surface area contributed by atoms with Gasteiger partial charge in [-0.05, 0) is 34.1 Å². The fraction of sp³-hybridized carbons (Fsp3) is 0.364. The lowest BCUT2D eigenvalue weighted by atomic mass is 10.3. The summed E-state index contributed by atoms with van der Waals surface area (Å²) in [6.45, 7) is 2.67. The van der Waals surface area contributed by atoms with Gasteiger partial charge in [0.25, 0.3) is 0 Å². The molecule has 0 aliphatic carbocycles. The summed E-state index contributed by atoms with van der Waals surface area (Å²) in [5, 5.41) is 0. The van der Waals surface area contributed by atoms with Crippen LogP contribution in [0.25, 0.3) is 6.08 Å². The zero-order chi connectivity index (χ0) is 11.4. The third kappa shape index (κ3) is 3.17. The van der Waals surface area contributed by atoms with Crippen molar-refractivity contribution in [2.45, 2.75) is 0 Å². The van der Waals surface area contributed by atoms with E-state index in [0.717, 1.165) is 8.66 Å². The van der Waals surface area contributed by atoms with Crippen molar-refractivity contribution >= 4 is 39.2 Å². The molecule has 0 saturated carbocycles. The van der Waals surface area contributed by atoms with Crippen LogP contribution in [-0.4, -0.2) is 37.1 Å². The lowest BCUT2D eigenvalue weighted by Crippen LogP contribution is -2.39. The number of thiophene rings is 1. The molecule has 86 valence electrons. The van der Waals surface area contributed by atoms with E-state index in [9.17, 15) is 4.79 Å². The van der Waals surface area contributed by atoms with Crippen molar-refractivity contribution in [3.8, 4) is 0 Å². The van der Waals surface area contributed by atoms with Crippen LogP contribution in [0.15, 0.2) is 22.0 Å². The first-order chi connectivity index (χ1) is 7.75. The van der Waals surface area contributed by atoms with E-state index < -0.39 is 0 Å². The summed E-state index contributed by atoms with van der Waals surface area (Å²) in [6.07, 6.45) is 3.48. The van der Waals surface area contributed by atoms with Crippen LogP contribution in [0.3, 0.4) is 0 Å². The number of hydrogen-bond acceptors (Lipinski definition) is 3. The Morgan fingerprint density at radius 1 is 1.44 bits per heavy atom. The lowest BCUT2D eigenvalue weighted by molar-refractivity contribution is -0.129. The highest BCUT2D eigenvalue weighted by Crippen LogP contribution is 2.23. The average Bonchev–Trinajstić information content (AvgIpc) is 2.73. The molecule has 0 N–H and O–H groups in total. The SMILES string of the molecule is O=C(/C=C/c1ccc(Br)s1)N1CCOCC1. The maximum Gasteiger partial charge on any atom is 0.246 e. The van der Waals surface area contributed by atoms with Crippen molar-refractivity contribution in [1.82, 2.24) is 4.90 Å². The second-order valence-electron chi connectivity index (χ2n) is 3.41. The number of amides is 1. The zero-order valence-corrected chi connectivity index (χ0v) is 11.1. The molecule has 1 amide bonds. The van der Waals surface area contributed by atoms with E-state index in [4.69, 9.17) is 4.74 Å². The molecular weight excluding hydrogens is 290 g/mol. The number of morpholine rings is 1. The van der Waals surface area contributed by atoms with E-state index in [0.29, 0.717) is 26.3 Å². The highest BCUT2D eigenvalue weighted by molar-refractivity contribution is 9.11. The molecule has 2 heterocycles. The fourth-order valence-corrected chi connectivity index (χ4v) is 2.79. The fourth-order valence-electron chi connectivity index (χ4n) is 1.46. The monoisotopic (exact) mass is 301 g/mol. The molecule has 5 heteroatoms. The van der Waals surface area contributed by atoms with Gasteiger partial charge in [0.05, 0.1) is 17.0 Å². The Morgan fingerprint density at radius 3 is 2.81 bits per heavy atom. The van der Waals surface area contributed by atoms with Gasteiger partial charge < -0.3 is 9.64 Å². The Labute approximate surface area is 107 Å². The third-order valence-corrected chi connectivity index (χ3v) is 3.90. The molecule has 0 spiro atoms. The number of carbonyl (C=O) groups is 1. The van der Waals surface area contributed by atoms with Crippen LogP contribution in [0.4, 0.5) is 0 Å². The first-order valence-electron chi connectivity index (χ1n) is 5.06. The van der Waals surface area contributed by atoms with E-state index >= 15 is 0 Å². The topological polar surface area (TPSA) is 29.5 Å². The predicted molar refractivity (Wildman–Crippen MR) is 68.5 cm³/mol. The van der Waals surface area contributed by atoms with Gasteiger partial charge in [0.1, 0.15) is 0 Å². The Hall–Kier alpha value is -0.650. The largest absolute Gasteiger partial charge is 0.378 e. The van der Waals surface area contributed by atoms with Gasteiger partial charge in [-0.1, -0.05) is 0 Å². The molecule has 0 bridgehead atoms. The predicted octanol–water partition coefficient (Wildman–Crippen LogP) is 2.38. The summed E-state index contributed by atoms with van der Waals surface area (Å²) in [7, 11) is 0. The van der Waals surface area contributed by atoms with Gasteiger partial charge in [0.2, 0.25) is 5.91 Å².